The average molecular weight is 305 g/mol. The smallest absolute Gasteiger partial charge is 0.239 e. The van der Waals surface area contributed by atoms with Crippen molar-refractivity contribution in [2.24, 2.45) is 5.92 Å². The van der Waals surface area contributed by atoms with Crippen molar-refractivity contribution >= 4 is 17.0 Å². The maximum atomic E-state index is 11.9. The first-order valence-electron chi connectivity index (χ1n) is 7.34. The number of nitrogens with zero attached hydrogens (tertiary/aromatic N) is 2. The molecule has 1 aromatic heterocycles. The van der Waals surface area contributed by atoms with Gasteiger partial charge in [-0.3, -0.25) is 9.69 Å². The molecule has 2 N–H and O–H groups in total. The fourth-order valence-corrected chi connectivity index (χ4v) is 2.56. The van der Waals surface area contributed by atoms with Crippen LogP contribution >= 0.6 is 0 Å². The van der Waals surface area contributed by atoms with Gasteiger partial charge in [0.2, 0.25) is 5.91 Å². The van der Waals surface area contributed by atoms with Crippen LogP contribution in [-0.2, 0) is 11.2 Å². The van der Waals surface area contributed by atoms with Crippen LogP contribution in [0.4, 0.5) is 0 Å². The van der Waals surface area contributed by atoms with Crippen LogP contribution in [0.25, 0.3) is 11.1 Å². The molecule has 0 aliphatic rings. The van der Waals surface area contributed by atoms with E-state index in [0.717, 1.165) is 11.1 Å². The Kier molecular flexibility index (Phi) is 5.15. The van der Waals surface area contributed by atoms with E-state index < -0.39 is 12.1 Å². The molecule has 0 spiro atoms. The van der Waals surface area contributed by atoms with Gasteiger partial charge in [-0.1, -0.05) is 19.1 Å². The highest BCUT2D eigenvalue weighted by Gasteiger charge is 2.32. The SMILES string of the molecule is CNC(=O)[C@H]([C@H](O)[C@H](C)Cc1nc2ccccc2o1)N(C)C. The van der Waals surface area contributed by atoms with Gasteiger partial charge in [-0.15, -0.1) is 0 Å². The second-order valence-corrected chi connectivity index (χ2v) is 5.77. The molecule has 0 aliphatic heterocycles. The number of fused-ring (bicyclic) bond motifs is 1. The topological polar surface area (TPSA) is 78.6 Å². The van der Waals surface area contributed by atoms with Crippen LogP contribution in [0, 0.1) is 5.92 Å². The average Bonchev–Trinajstić information content (AvgIpc) is 2.88. The summed E-state index contributed by atoms with van der Waals surface area (Å²) in [4.78, 5) is 18.1. The Hall–Kier alpha value is -1.92. The molecule has 1 aromatic carbocycles. The Morgan fingerprint density at radius 2 is 2.09 bits per heavy atom. The van der Waals surface area contributed by atoms with Crippen LogP contribution in [0.2, 0.25) is 0 Å². The lowest BCUT2D eigenvalue weighted by molar-refractivity contribution is -0.130. The standard InChI is InChI=1S/C16H23N3O3/c1-10(15(20)14(19(3)4)16(21)17-2)9-13-18-11-7-5-6-8-12(11)22-13/h5-8,10,14-15,20H,9H2,1-4H3,(H,17,21)/t10-,14+,15-/m1/s1. The third-order valence-electron chi connectivity index (χ3n) is 3.81. The molecule has 1 amide bonds. The minimum Gasteiger partial charge on any atom is -0.441 e. The zero-order chi connectivity index (χ0) is 16.3. The van der Waals surface area contributed by atoms with E-state index >= 15 is 0 Å². The van der Waals surface area contributed by atoms with Crippen molar-refractivity contribution in [2.75, 3.05) is 21.1 Å². The summed E-state index contributed by atoms with van der Waals surface area (Å²) in [6, 6.07) is 6.94. The summed E-state index contributed by atoms with van der Waals surface area (Å²) < 4.78 is 5.68. The van der Waals surface area contributed by atoms with Crippen LogP contribution in [0.15, 0.2) is 28.7 Å². The first-order valence-corrected chi connectivity index (χ1v) is 7.34. The quantitative estimate of drug-likeness (QED) is 0.834. The van der Waals surface area contributed by atoms with Gasteiger partial charge >= 0.3 is 0 Å². The third kappa shape index (κ3) is 3.45. The molecule has 2 rings (SSSR count). The molecule has 6 heteroatoms. The maximum Gasteiger partial charge on any atom is 0.239 e. The zero-order valence-electron chi connectivity index (χ0n) is 13.4. The maximum absolute atomic E-state index is 11.9. The minimum atomic E-state index is -0.815. The van der Waals surface area contributed by atoms with E-state index in [9.17, 15) is 9.90 Å². The van der Waals surface area contributed by atoms with Crippen LogP contribution < -0.4 is 5.32 Å². The Morgan fingerprint density at radius 1 is 1.41 bits per heavy atom. The Balaban J connectivity index is 2.12. The second kappa shape index (κ2) is 6.89. The molecule has 6 nitrogen and oxygen atoms in total. The van der Waals surface area contributed by atoms with Crippen molar-refractivity contribution in [1.82, 2.24) is 15.2 Å². The summed E-state index contributed by atoms with van der Waals surface area (Å²) in [6.45, 7) is 1.89. The highest BCUT2D eigenvalue weighted by molar-refractivity contribution is 5.82. The number of likely N-dealkylation sites (N-methyl/N-ethyl adjacent to an activating group) is 2. The minimum absolute atomic E-state index is 0.169. The lowest BCUT2D eigenvalue weighted by atomic mass is 9.93. The van der Waals surface area contributed by atoms with E-state index in [2.05, 4.69) is 10.3 Å². The molecule has 0 unspecified atom stereocenters. The first-order chi connectivity index (χ1) is 10.4. The number of rotatable bonds is 6. The highest BCUT2D eigenvalue weighted by atomic mass is 16.3. The summed E-state index contributed by atoms with van der Waals surface area (Å²) >= 11 is 0. The van der Waals surface area contributed by atoms with E-state index in [1.165, 1.54) is 0 Å². The number of aromatic nitrogens is 1. The summed E-state index contributed by atoms with van der Waals surface area (Å²) in [5, 5.41) is 13.1. The molecule has 0 radical (unpaired) electrons. The number of para-hydroxylation sites is 2. The number of nitrogens with one attached hydrogen (secondary N) is 1. The molecular formula is C16H23N3O3. The summed E-state index contributed by atoms with van der Waals surface area (Å²) in [7, 11) is 5.11. The number of carbonyl (C=O) groups excluding carboxylic acids is 1. The number of aliphatic hydroxyl groups is 1. The number of aliphatic hydroxyl groups excluding tert-OH is 1. The summed E-state index contributed by atoms with van der Waals surface area (Å²) in [5.41, 5.74) is 1.53. The third-order valence-corrected chi connectivity index (χ3v) is 3.81. The van der Waals surface area contributed by atoms with E-state index in [4.69, 9.17) is 4.42 Å². The van der Waals surface area contributed by atoms with Crippen molar-refractivity contribution in [3.05, 3.63) is 30.2 Å². The Morgan fingerprint density at radius 3 is 2.68 bits per heavy atom. The van der Waals surface area contributed by atoms with Crippen molar-refractivity contribution in [3.63, 3.8) is 0 Å². The fourth-order valence-electron chi connectivity index (χ4n) is 2.56. The molecular weight excluding hydrogens is 282 g/mol. The van der Waals surface area contributed by atoms with Gasteiger partial charge in [-0.2, -0.15) is 0 Å². The van der Waals surface area contributed by atoms with Gasteiger partial charge in [0.1, 0.15) is 11.6 Å². The molecule has 0 bridgehead atoms. The van der Waals surface area contributed by atoms with Crippen LogP contribution in [0.3, 0.4) is 0 Å². The van der Waals surface area contributed by atoms with Crippen LogP contribution in [0.1, 0.15) is 12.8 Å². The number of benzene rings is 1. The Bertz CT molecular complexity index is 605. The van der Waals surface area contributed by atoms with E-state index in [-0.39, 0.29) is 11.8 Å². The second-order valence-electron chi connectivity index (χ2n) is 5.77. The van der Waals surface area contributed by atoms with Crippen molar-refractivity contribution in [1.29, 1.82) is 0 Å². The number of hydrogen-bond acceptors (Lipinski definition) is 5. The first kappa shape index (κ1) is 16.5. The van der Waals surface area contributed by atoms with E-state index in [0.29, 0.717) is 12.3 Å². The molecule has 2 aromatic rings. The van der Waals surface area contributed by atoms with Gasteiger partial charge < -0.3 is 14.8 Å². The molecule has 0 saturated carbocycles. The summed E-state index contributed by atoms with van der Waals surface area (Å²) in [6.07, 6.45) is -0.345. The van der Waals surface area contributed by atoms with Crippen molar-refractivity contribution in [2.45, 2.75) is 25.5 Å². The molecule has 0 saturated heterocycles. The summed E-state index contributed by atoms with van der Waals surface area (Å²) in [5.74, 6) is 0.196. The zero-order valence-corrected chi connectivity index (χ0v) is 13.4. The lowest BCUT2D eigenvalue weighted by Crippen LogP contribution is -2.52. The van der Waals surface area contributed by atoms with Gasteiger partial charge in [0.15, 0.2) is 11.5 Å². The van der Waals surface area contributed by atoms with E-state index in [1.807, 2.05) is 31.2 Å². The normalized spacial score (nSPS) is 15.7. The van der Waals surface area contributed by atoms with Gasteiger partial charge in [-0.05, 0) is 32.1 Å². The van der Waals surface area contributed by atoms with E-state index in [1.54, 1.807) is 26.0 Å². The fraction of sp³-hybridized carbons (Fsp3) is 0.500. The number of oxazole rings is 1. The monoisotopic (exact) mass is 305 g/mol. The van der Waals surface area contributed by atoms with Gasteiger partial charge in [0, 0.05) is 13.5 Å². The number of hydrogen-bond donors (Lipinski definition) is 2. The van der Waals surface area contributed by atoms with Gasteiger partial charge in [0.05, 0.1) is 6.10 Å². The van der Waals surface area contributed by atoms with Crippen LogP contribution in [-0.4, -0.2) is 54.2 Å². The molecule has 3 atom stereocenters. The molecule has 1 heterocycles. The largest absolute Gasteiger partial charge is 0.441 e. The lowest BCUT2D eigenvalue weighted by Gasteiger charge is -2.30. The number of carbonyl (C=O) groups is 1. The predicted molar refractivity (Wildman–Crippen MR) is 84.4 cm³/mol. The molecule has 120 valence electrons. The molecule has 22 heavy (non-hydrogen) atoms. The van der Waals surface area contributed by atoms with Gasteiger partial charge in [0.25, 0.3) is 0 Å². The number of amides is 1. The molecule has 0 fully saturated rings. The van der Waals surface area contributed by atoms with Crippen molar-refractivity contribution < 1.29 is 14.3 Å². The Labute approximate surface area is 130 Å². The molecule has 0 aliphatic carbocycles. The van der Waals surface area contributed by atoms with Crippen molar-refractivity contribution in [3.8, 4) is 0 Å². The van der Waals surface area contributed by atoms with Crippen LogP contribution in [0.5, 0.6) is 0 Å². The predicted octanol–water partition coefficient (Wildman–Crippen LogP) is 1.04. The van der Waals surface area contributed by atoms with Gasteiger partial charge in [-0.25, -0.2) is 4.98 Å². The highest BCUT2D eigenvalue weighted by Crippen LogP contribution is 2.20.